The zero-order chi connectivity index (χ0) is 12.1. The van der Waals surface area contributed by atoms with Gasteiger partial charge in [0.05, 0.1) is 17.9 Å². The normalized spacial score (nSPS) is 12.0. The molecule has 0 saturated carbocycles. The molecule has 88 valence electrons. The van der Waals surface area contributed by atoms with Crippen molar-refractivity contribution in [1.82, 2.24) is 4.98 Å². The Bertz CT molecular complexity index is 348. The van der Waals surface area contributed by atoms with Crippen molar-refractivity contribution in [2.75, 3.05) is 24.3 Å². The van der Waals surface area contributed by atoms with E-state index in [2.05, 4.69) is 10.3 Å². The SMILES string of the molecule is CC[C@@H](N)C(=O)Nc1ccc(N(C)C)nc1. The van der Waals surface area contributed by atoms with E-state index in [0.29, 0.717) is 12.1 Å². The fourth-order valence-corrected chi connectivity index (χ4v) is 1.14. The number of rotatable bonds is 4. The largest absolute Gasteiger partial charge is 0.363 e. The number of carbonyl (C=O) groups is 1. The summed E-state index contributed by atoms with van der Waals surface area (Å²) in [6, 6.07) is 3.18. The van der Waals surface area contributed by atoms with Crippen LogP contribution in [0.25, 0.3) is 0 Å². The number of anilines is 2. The van der Waals surface area contributed by atoms with E-state index in [9.17, 15) is 4.79 Å². The third-order valence-corrected chi connectivity index (χ3v) is 2.25. The van der Waals surface area contributed by atoms with E-state index >= 15 is 0 Å². The summed E-state index contributed by atoms with van der Waals surface area (Å²) in [5.41, 5.74) is 6.27. The quantitative estimate of drug-likeness (QED) is 0.791. The Labute approximate surface area is 95.7 Å². The highest BCUT2D eigenvalue weighted by molar-refractivity contribution is 5.94. The summed E-state index contributed by atoms with van der Waals surface area (Å²) < 4.78 is 0. The predicted octanol–water partition coefficient (Wildman–Crippen LogP) is 0.823. The fourth-order valence-electron chi connectivity index (χ4n) is 1.14. The Morgan fingerprint density at radius 2 is 2.25 bits per heavy atom. The van der Waals surface area contributed by atoms with Crippen molar-refractivity contribution in [3.8, 4) is 0 Å². The minimum absolute atomic E-state index is 0.179. The van der Waals surface area contributed by atoms with Gasteiger partial charge in [-0.2, -0.15) is 0 Å². The van der Waals surface area contributed by atoms with Gasteiger partial charge in [0.15, 0.2) is 0 Å². The van der Waals surface area contributed by atoms with Crippen molar-refractivity contribution >= 4 is 17.4 Å². The van der Waals surface area contributed by atoms with Crippen molar-refractivity contribution in [2.45, 2.75) is 19.4 Å². The molecule has 16 heavy (non-hydrogen) atoms. The first-order valence-electron chi connectivity index (χ1n) is 5.24. The standard InChI is InChI=1S/C11H18N4O/c1-4-9(12)11(16)14-8-5-6-10(13-7-8)15(2)3/h5-7,9H,4,12H2,1-3H3,(H,14,16)/t9-/m1/s1. The molecule has 0 saturated heterocycles. The van der Waals surface area contributed by atoms with Crippen molar-refractivity contribution in [2.24, 2.45) is 5.73 Å². The van der Waals surface area contributed by atoms with Crippen LogP contribution in [0, 0.1) is 0 Å². The van der Waals surface area contributed by atoms with E-state index < -0.39 is 6.04 Å². The number of pyridine rings is 1. The molecule has 5 heteroatoms. The Morgan fingerprint density at radius 3 is 2.69 bits per heavy atom. The first kappa shape index (κ1) is 12.4. The second kappa shape index (κ2) is 5.46. The van der Waals surface area contributed by atoms with Crippen LogP contribution in [-0.2, 0) is 4.79 Å². The van der Waals surface area contributed by atoms with Crippen LogP contribution in [-0.4, -0.2) is 31.0 Å². The summed E-state index contributed by atoms with van der Waals surface area (Å²) in [6.07, 6.45) is 2.24. The van der Waals surface area contributed by atoms with E-state index in [-0.39, 0.29) is 5.91 Å². The molecule has 0 aliphatic heterocycles. The van der Waals surface area contributed by atoms with Gasteiger partial charge in [0.25, 0.3) is 0 Å². The van der Waals surface area contributed by atoms with Crippen molar-refractivity contribution in [1.29, 1.82) is 0 Å². The minimum atomic E-state index is -0.464. The van der Waals surface area contributed by atoms with Gasteiger partial charge in [-0.15, -0.1) is 0 Å². The third-order valence-electron chi connectivity index (χ3n) is 2.25. The molecular weight excluding hydrogens is 204 g/mol. The molecule has 1 amide bonds. The second-order valence-corrected chi connectivity index (χ2v) is 3.80. The summed E-state index contributed by atoms with van der Waals surface area (Å²) in [7, 11) is 3.82. The van der Waals surface area contributed by atoms with Crippen LogP contribution in [0.2, 0.25) is 0 Å². The highest BCUT2D eigenvalue weighted by Gasteiger charge is 2.10. The molecule has 0 bridgehead atoms. The summed E-state index contributed by atoms with van der Waals surface area (Å²) in [5.74, 6) is 0.666. The van der Waals surface area contributed by atoms with Crippen LogP contribution in [0.4, 0.5) is 11.5 Å². The van der Waals surface area contributed by atoms with Crippen LogP contribution in [0.1, 0.15) is 13.3 Å². The Hall–Kier alpha value is -1.62. The molecule has 3 N–H and O–H groups in total. The van der Waals surface area contributed by atoms with Gasteiger partial charge in [-0.25, -0.2) is 4.98 Å². The van der Waals surface area contributed by atoms with Crippen molar-refractivity contribution in [3.63, 3.8) is 0 Å². The van der Waals surface area contributed by atoms with E-state index in [1.165, 1.54) is 0 Å². The Morgan fingerprint density at radius 1 is 1.56 bits per heavy atom. The minimum Gasteiger partial charge on any atom is -0.363 e. The average molecular weight is 222 g/mol. The lowest BCUT2D eigenvalue weighted by molar-refractivity contribution is -0.117. The van der Waals surface area contributed by atoms with E-state index in [0.717, 1.165) is 5.82 Å². The summed E-state index contributed by atoms with van der Waals surface area (Å²) in [4.78, 5) is 17.6. The lowest BCUT2D eigenvalue weighted by atomic mass is 10.2. The number of aromatic nitrogens is 1. The van der Waals surface area contributed by atoms with Gasteiger partial charge >= 0.3 is 0 Å². The van der Waals surface area contributed by atoms with Gasteiger partial charge < -0.3 is 16.0 Å². The molecule has 0 radical (unpaired) electrons. The molecule has 1 rings (SSSR count). The molecule has 0 aliphatic carbocycles. The topological polar surface area (TPSA) is 71.2 Å². The number of hydrogen-bond donors (Lipinski definition) is 2. The molecule has 0 spiro atoms. The second-order valence-electron chi connectivity index (χ2n) is 3.80. The zero-order valence-corrected chi connectivity index (χ0v) is 9.90. The first-order valence-corrected chi connectivity index (χ1v) is 5.24. The van der Waals surface area contributed by atoms with Crippen LogP contribution in [0.15, 0.2) is 18.3 Å². The average Bonchev–Trinajstić information content (AvgIpc) is 2.28. The highest BCUT2D eigenvalue weighted by Crippen LogP contribution is 2.11. The lowest BCUT2D eigenvalue weighted by Gasteiger charge is -2.13. The number of nitrogens with one attached hydrogen (secondary N) is 1. The van der Waals surface area contributed by atoms with Crippen LogP contribution >= 0.6 is 0 Å². The highest BCUT2D eigenvalue weighted by atomic mass is 16.2. The number of amides is 1. The molecule has 0 aromatic carbocycles. The lowest BCUT2D eigenvalue weighted by Crippen LogP contribution is -2.34. The van der Waals surface area contributed by atoms with Gasteiger partial charge in [0, 0.05) is 14.1 Å². The molecule has 0 aliphatic rings. The first-order chi connectivity index (χ1) is 7.54. The predicted molar refractivity (Wildman–Crippen MR) is 65.5 cm³/mol. The van der Waals surface area contributed by atoms with Crippen LogP contribution in [0.5, 0.6) is 0 Å². The van der Waals surface area contributed by atoms with E-state index in [1.807, 2.05) is 38.1 Å². The van der Waals surface area contributed by atoms with Crippen LogP contribution < -0.4 is 16.0 Å². The molecule has 0 unspecified atom stereocenters. The van der Waals surface area contributed by atoms with Crippen molar-refractivity contribution < 1.29 is 4.79 Å². The zero-order valence-electron chi connectivity index (χ0n) is 9.90. The van der Waals surface area contributed by atoms with Gasteiger partial charge in [-0.1, -0.05) is 6.92 Å². The monoisotopic (exact) mass is 222 g/mol. The third kappa shape index (κ3) is 3.20. The maximum atomic E-state index is 11.5. The molecule has 1 aromatic heterocycles. The van der Waals surface area contributed by atoms with Gasteiger partial charge in [0.2, 0.25) is 5.91 Å². The smallest absolute Gasteiger partial charge is 0.241 e. The number of nitrogens with two attached hydrogens (primary N) is 1. The van der Waals surface area contributed by atoms with E-state index in [1.54, 1.807) is 6.20 Å². The molecule has 0 fully saturated rings. The van der Waals surface area contributed by atoms with Gasteiger partial charge in [0.1, 0.15) is 5.82 Å². The molecule has 1 heterocycles. The maximum absolute atomic E-state index is 11.5. The molecule has 1 aromatic rings. The molecule has 1 atom stereocenters. The summed E-state index contributed by atoms with van der Waals surface area (Å²) in [5, 5.41) is 2.71. The Kier molecular flexibility index (Phi) is 4.25. The molecular formula is C11H18N4O. The number of nitrogens with zero attached hydrogens (tertiary/aromatic N) is 2. The van der Waals surface area contributed by atoms with Gasteiger partial charge in [-0.05, 0) is 18.6 Å². The van der Waals surface area contributed by atoms with E-state index in [4.69, 9.17) is 5.73 Å². The molecule has 5 nitrogen and oxygen atoms in total. The maximum Gasteiger partial charge on any atom is 0.241 e. The Balaban J connectivity index is 2.65. The number of carbonyl (C=O) groups excluding carboxylic acids is 1. The fraction of sp³-hybridized carbons (Fsp3) is 0.455. The van der Waals surface area contributed by atoms with Crippen molar-refractivity contribution in [3.05, 3.63) is 18.3 Å². The van der Waals surface area contributed by atoms with Crippen LogP contribution in [0.3, 0.4) is 0 Å². The summed E-state index contributed by atoms with van der Waals surface area (Å²) in [6.45, 7) is 1.87. The van der Waals surface area contributed by atoms with Gasteiger partial charge in [-0.3, -0.25) is 4.79 Å². The summed E-state index contributed by atoms with van der Waals surface area (Å²) >= 11 is 0. The number of hydrogen-bond acceptors (Lipinski definition) is 4.